The minimum absolute atomic E-state index is 0. The van der Waals surface area contributed by atoms with E-state index in [1.165, 1.54) is 19.3 Å². The molecule has 0 atom stereocenters. The Morgan fingerprint density at radius 2 is 1.71 bits per heavy atom. The van der Waals surface area contributed by atoms with Gasteiger partial charge < -0.3 is 19.7 Å². The normalized spacial score (nSPS) is 16.2. The van der Waals surface area contributed by atoms with Gasteiger partial charge >= 0.3 is 0 Å². The standard InChI is InChI=1S/C18H28N2O3.ClH/c1-20(2)18(11-5-4-6-12-18)14-19-17(21)13-23-16-9-7-15(22-3)8-10-16;/h7-10H,4-6,11-14H2,1-3H3,(H,19,21);1H. The number of carbonyl (C=O) groups is 1. The van der Waals surface area contributed by atoms with Crippen molar-refractivity contribution < 1.29 is 14.3 Å². The van der Waals surface area contributed by atoms with Crippen molar-refractivity contribution in [2.45, 2.75) is 37.6 Å². The summed E-state index contributed by atoms with van der Waals surface area (Å²) in [6.45, 7) is 0.723. The number of benzene rings is 1. The lowest BCUT2D eigenvalue weighted by atomic mass is 9.80. The van der Waals surface area contributed by atoms with Crippen LogP contribution in [0.1, 0.15) is 32.1 Å². The first-order valence-electron chi connectivity index (χ1n) is 8.27. The van der Waals surface area contributed by atoms with Gasteiger partial charge in [0.2, 0.25) is 0 Å². The van der Waals surface area contributed by atoms with E-state index in [1.54, 1.807) is 19.2 Å². The number of methoxy groups -OCH3 is 1. The second-order valence-corrected chi connectivity index (χ2v) is 6.42. The van der Waals surface area contributed by atoms with E-state index in [0.717, 1.165) is 18.6 Å². The highest BCUT2D eigenvalue weighted by atomic mass is 35.5. The predicted octanol–water partition coefficient (Wildman–Crippen LogP) is 2.88. The molecule has 0 radical (unpaired) electrons. The van der Waals surface area contributed by atoms with Crippen LogP contribution in [-0.2, 0) is 4.79 Å². The first kappa shape index (κ1) is 20.6. The van der Waals surface area contributed by atoms with E-state index in [2.05, 4.69) is 24.3 Å². The summed E-state index contributed by atoms with van der Waals surface area (Å²) in [6.07, 6.45) is 6.04. The summed E-state index contributed by atoms with van der Waals surface area (Å²) in [5.41, 5.74) is 0.0913. The Balaban J connectivity index is 0.00000288. The Morgan fingerprint density at radius 3 is 2.25 bits per heavy atom. The van der Waals surface area contributed by atoms with Crippen LogP contribution in [0.5, 0.6) is 11.5 Å². The van der Waals surface area contributed by atoms with E-state index in [9.17, 15) is 4.79 Å². The maximum atomic E-state index is 12.1. The number of amides is 1. The van der Waals surface area contributed by atoms with Crippen LogP contribution in [-0.4, -0.2) is 50.7 Å². The van der Waals surface area contributed by atoms with Gasteiger partial charge in [0, 0.05) is 12.1 Å². The first-order valence-corrected chi connectivity index (χ1v) is 8.27. The first-order chi connectivity index (χ1) is 11.1. The molecule has 1 aliphatic rings. The Kier molecular flexibility index (Phi) is 8.36. The third-order valence-electron chi connectivity index (χ3n) is 4.78. The Bertz CT molecular complexity index is 499. The number of nitrogens with zero attached hydrogens (tertiary/aromatic N) is 1. The van der Waals surface area contributed by atoms with Crippen LogP contribution in [0.4, 0.5) is 0 Å². The van der Waals surface area contributed by atoms with Crippen molar-refractivity contribution in [2.75, 3.05) is 34.4 Å². The van der Waals surface area contributed by atoms with Crippen molar-refractivity contribution in [1.29, 1.82) is 0 Å². The summed E-state index contributed by atoms with van der Waals surface area (Å²) >= 11 is 0. The molecule has 1 amide bonds. The van der Waals surface area contributed by atoms with E-state index in [4.69, 9.17) is 9.47 Å². The number of rotatable bonds is 7. The van der Waals surface area contributed by atoms with Crippen LogP contribution in [0.25, 0.3) is 0 Å². The van der Waals surface area contributed by atoms with Crippen molar-refractivity contribution in [1.82, 2.24) is 10.2 Å². The SMILES string of the molecule is COc1ccc(OCC(=O)NCC2(N(C)C)CCCCC2)cc1.Cl. The van der Waals surface area contributed by atoms with E-state index in [0.29, 0.717) is 12.3 Å². The maximum Gasteiger partial charge on any atom is 0.258 e. The van der Waals surface area contributed by atoms with Gasteiger partial charge in [-0.2, -0.15) is 0 Å². The lowest BCUT2D eigenvalue weighted by molar-refractivity contribution is -0.123. The molecule has 1 fully saturated rings. The molecule has 1 N–H and O–H groups in total. The molecule has 0 heterocycles. The zero-order valence-corrected chi connectivity index (χ0v) is 15.7. The lowest BCUT2D eigenvalue weighted by Crippen LogP contribution is -2.54. The fraction of sp³-hybridized carbons (Fsp3) is 0.611. The third kappa shape index (κ3) is 5.56. The number of halogens is 1. The zero-order valence-electron chi connectivity index (χ0n) is 14.8. The molecule has 136 valence electrons. The number of hydrogen-bond donors (Lipinski definition) is 1. The maximum absolute atomic E-state index is 12.1. The van der Waals surface area contributed by atoms with E-state index in [1.807, 2.05) is 12.1 Å². The minimum Gasteiger partial charge on any atom is -0.497 e. The number of ether oxygens (including phenoxy) is 2. The molecule has 24 heavy (non-hydrogen) atoms. The van der Waals surface area contributed by atoms with Gasteiger partial charge in [0.25, 0.3) is 5.91 Å². The number of nitrogens with one attached hydrogen (secondary N) is 1. The van der Waals surface area contributed by atoms with E-state index in [-0.39, 0.29) is 30.5 Å². The molecule has 0 aliphatic heterocycles. The fourth-order valence-corrected chi connectivity index (χ4v) is 3.13. The summed E-state index contributed by atoms with van der Waals surface area (Å²) in [5.74, 6) is 1.36. The zero-order chi connectivity index (χ0) is 16.7. The summed E-state index contributed by atoms with van der Waals surface area (Å²) in [5, 5.41) is 3.04. The summed E-state index contributed by atoms with van der Waals surface area (Å²) in [4.78, 5) is 14.3. The van der Waals surface area contributed by atoms with Crippen LogP contribution in [0, 0.1) is 0 Å². The summed E-state index contributed by atoms with van der Waals surface area (Å²) in [6, 6.07) is 7.23. The van der Waals surface area contributed by atoms with Gasteiger partial charge in [0.15, 0.2) is 6.61 Å². The van der Waals surface area contributed by atoms with Gasteiger partial charge in [0.1, 0.15) is 11.5 Å². The molecule has 2 rings (SSSR count). The highest BCUT2D eigenvalue weighted by molar-refractivity contribution is 5.85. The Morgan fingerprint density at radius 1 is 1.12 bits per heavy atom. The third-order valence-corrected chi connectivity index (χ3v) is 4.78. The monoisotopic (exact) mass is 356 g/mol. The average molecular weight is 357 g/mol. The molecule has 1 aromatic rings. The van der Waals surface area contributed by atoms with Crippen LogP contribution < -0.4 is 14.8 Å². The second kappa shape index (κ2) is 9.74. The number of carbonyl (C=O) groups excluding carboxylic acids is 1. The molecule has 0 saturated heterocycles. The molecule has 0 unspecified atom stereocenters. The molecule has 5 nitrogen and oxygen atoms in total. The molecule has 6 heteroatoms. The topological polar surface area (TPSA) is 50.8 Å². The van der Waals surface area contributed by atoms with Gasteiger partial charge in [-0.15, -0.1) is 12.4 Å². The van der Waals surface area contributed by atoms with Crippen molar-refractivity contribution in [3.05, 3.63) is 24.3 Å². The van der Waals surface area contributed by atoms with Gasteiger partial charge in [-0.25, -0.2) is 0 Å². The molecule has 0 spiro atoms. The van der Waals surface area contributed by atoms with Crippen molar-refractivity contribution in [2.24, 2.45) is 0 Å². The van der Waals surface area contributed by atoms with Crippen LogP contribution >= 0.6 is 12.4 Å². The van der Waals surface area contributed by atoms with Crippen LogP contribution in [0.3, 0.4) is 0 Å². The predicted molar refractivity (Wildman–Crippen MR) is 98.2 cm³/mol. The smallest absolute Gasteiger partial charge is 0.258 e. The number of hydrogen-bond acceptors (Lipinski definition) is 4. The average Bonchev–Trinajstić information content (AvgIpc) is 2.59. The molecule has 1 aromatic carbocycles. The highest BCUT2D eigenvalue weighted by Crippen LogP contribution is 2.31. The van der Waals surface area contributed by atoms with Crippen LogP contribution in [0.15, 0.2) is 24.3 Å². The van der Waals surface area contributed by atoms with Crippen molar-refractivity contribution in [3.8, 4) is 11.5 Å². The van der Waals surface area contributed by atoms with Crippen molar-refractivity contribution >= 4 is 18.3 Å². The summed E-state index contributed by atoms with van der Waals surface area (Å²) < 4.78 is 10.6. The van der Waals surface area contributed by atoms with Crippen molar-refractivity contribution in [3.63, 3.8) is 0 Å². The molecular weight excluding hydrogens is 328 g/mol. The largest absolute Gasteiger partial charge is 0.497 e. The van der Waals surface area contributed by atoms with Gasteiger partial charge in [-0.3, -0.25) is 4.79 Å². The second-order valence-electron chi connectivity index (χ2n) is 6.42. The lowest BCUT2D eigenvalue weighted by Gasteiger charge is -2.43. The molecule has 1 saturated carbocycles. The highest BCUT2D eigenvalue weighted by Gasteiger charge is 2.34. The molecule has 0 bridgehead atoms. The van der Waals surface area contributed by atoms with Gasteiger partial charge in [-0.1, -0.05) is 19.3 Å². The number of likely N-dealkylation sites (N-methyl/N-ethyl adjacent to an activating group) is 1. The minimum atomic E-state index is -0.0763. The molecule has 1 aliphatic carbocycles. The Hall–Kier alpha value is -1.46. The van der Waals surface area contributed by atoms with Gasteiger partial charge in [0.05, 0.1) is 7.11 Å². The fourth-order valence-electron chi connectivity index (χ4n) is 3.13. The quantitative estimate of drug-likeness (QED) is 0.816. The van der Waals surface area contributed by atoms with Crippen LogP contribution in [0.2, 0.25) is 0 Å². The Labute approximate surface area is 151 Å². The molecular formula is C18H29ClN2O3. The van der Waals surface area contributed by atoms with Gasteiger partial charge in [-0.05, 0) is 51.2 Å². The van der Waals surface area contributed by atoms with E-state index >= 15 is 0 Å². The summed E-state index contributed by atoms with van der Waals surface area (Å²) in [7, 11) is 5.83. The molecule has 0 aromatic heterocycles. The van der Waals surface area contributed by atoms with E-state index < -0.39 is 0 Å².